The van der Waals surface area contributed by atoms with E-state index >= 15 is 0 Å². The van der Waals surface area contributed by atoms with E-state index in [-0.39, 0.29) is 12.4 Å². The molecule has 4 N–H and O–H groups in total. The highest BCUT2D eigenvalue weighted by Gasteiger charge is 2.53. The summed E-state index contributed by atoms with van der Waals surface area (Å²) >= 11 is 0. The fourth-order valence-electron chi connectivity index (χ4n) is 3.11. The number of rotatable bonds is 6. The number of aromatic nitrogens is 2. The number of fused-ring (bicyclic) bond motifs is 4. The van der Waals surface area contributed by atoms with Crippen LogP contribution in [0, 0.1) is 0 Å². The summed E-state index contributed by atoms with van der Waals surface area (Å²) in [6, 6.07) is -2.44. The van der Waals surface area contributed by atoms with E-state index in [2.05, 4.69) is 19.9 Å². The molecule has 3 heterocycles. The molecular formula is C12H17N7O7S. The second-order valence-corrected chi connectivity index (χ2v) is 6.76. The number of amidine groups is 1. The molecule has 2 atom stereocenters. The SMILES string of the molecule is CN=C(NOCC(N)=O)C1c2c(cnn2C)C2CN1C(=O)N2OS(=O)(=O)O. The number of nitrogens with one attached hydrogen (secondary N) is 1. The van der Waals surface area contributed by atoms with E-state index in [0.29, 0.717) is 16.3 Å². The van der Waals surface area contributed by atoms with Crippen LogP contribution in [-0.4, -0.2) is 70.7 Å². The zero-order valence-electron chi connectivity index (χ0n) is 14.3. The fraction of sp³-hybridized carbons (Fsp3) is 0.500. The van der Waals surface area contributed by atoms with Gasteiger partial charge in [-0.15, -0.1) is 4.28 Å². The van der Waals surface area contributed by atoms with Crippen molar-refractivity contribution in [2.24, 2.45) is 17.8 Å². The molecule has 0 saturated carbocycles. The lowest BCUT2D eigenvalue weighted by atomic mass is 9.97. The van der Waals surface area contributed by atoms with Crippen molar-refractivity contribution < 1.29 is 31.7 Å². The minimum Gasteiger partial charge on any atom is -0.368 e. The van der Waals surface area contributed by atoms with Gasteiger partial charge in [0.05, 0.1) is 18.4 Å². The van der Waals surface area contributed by atoms with Crippen molar-refractivity contribution in [1.82, 2.24) is 25.2 Å². The lowest BCUT2D eigenvalue weighted by Gasteiger charge is -2.31. The minimum atomic E-state index is -4.91. The summed E-state index contributed by atoms with van der Waals surface area (Å²) in [5.74, 6) is -0.561. The summed E-state index contributed by atoms with van der Waals surface area (Å²) in [5, 5.41) is 4.70. The summed E-state index contributed by atoms with van der Waals surface area (Å²) in [6.07, 6.45) is 1.46. The molecule has 15 heteroatoms. The van der Waals surface area contributed by atoms with Crippen LogP contribution >= 0.6 is 0 Å². The highest BCUT2D eigenvalue weighted by molar-refractivity contribution is 7.80. The Labute approximate surface area is 153 Å². The second kappa shape index (κ2) is 6.76. The van der Waals surface area contributed by atoms with Gasteiger partial charge in [0.25, 0.3) is 0 Å². The van der Waals surface area contributed by atoms with Crippen LogP contribution in [0.1, 0.15) is 23.3 Å². The van der Waals surface area contributed by atoms with Gasteiger partial charge in [-0.1, -0.05) is 0 Å². The van der Waals surface area contributed by atoms with Crippen molar-refractivity contribution in [3.8, 4) is 0 Å². The van der Waals surface area contributed by atoms with Gasteiger partial charge in [-0.05, 0) is 0 Å². The highest BCUT2D eigenvalue weighted by atomic mass is 32.3. The van der Waals surface area contributed by atoms with Crippen LogP contribution in [0.15, 0.2) is 11.2 Å². The highest BCUT2D eigenvalue weighted by Crippen LogP contribution is 2.44. The maximum atomic E-state index is 12.7. The molecule has 14 nitrogen and oxygen atoms in total. The zero-order chi connectivity index (χ0) is 19.9. The number of urea groups is 1. The Morgan fingerprint density at radius 3 is 2.85 bits per heavy atom. The zero-order valence-corrected chi connectivity index (χ0v) is 15.1. The largest absolute Gasteiger partial charge is 0.418 e. The van der Waals surface area contributed by atoms with Gasteiger partial charge in [0.2, 0.25) is 5.91 Å². The number of hydrogen-bond donors (Lipinski definition) is 3. The number of carbonyl (C=O) groups excluding carboxylic acids is 2. The molecule has 3 amide bonds. The number of nitrogens with zero attached hydrogens (tertiary/aromatic N) is 5. The number of aliphatic imine (C=N–C) groups is 1. The predicted octanol–water partition coefficient (Wildman–Crippen LogP) is -1.98. The molecule has 2 unspecified atom stereocenters. The Morgan fingerprint density at radius 1 is 1.56 bits per heavy atom. The Hall–Kier alpha value is -2.75. The Morgan fingerprint density at radius 2 is 2.26 bits per heavy atom. The van der Waals surface area contributed by atoms with Gasteiger partial charge in [0, 0.05) is 19.7 Å². The monoisotopic (exact) mass is 403 g/mol. The molecule has 1 saturated heterocycles. The van der Waals surface area contributed by atoms with Gasteiger partial charge in [-0.3, -0.25) is 29.3 Å². The van der Waals surface area contributed by atoms with Crippen molar-refractivity contribution in [1.29, 1.82) is 0 Å². The Kier molecular flexibility index (Phi) is 4.77. The maximum absolute atomic E-state index is 12.7. The Balaban J connectivity index is 1.98. The lowest BCUT2D eigenvalue weighted by molar-refractivity contribution is -0.123. The van der Waals surface area contributed by atoms with E-state index in [0.717, 1.165) is 0 Å². The molecule has 1 aromatic heterocycles. The summed E-state index contributed by atoms with van der Waals surface area (Å²) in [5.41, 5.74) is 8.53. The van der Waals surface area contributed by atoms with Gasteiger partial charge in [-0.2, -0.15) is 18.6 Å². The number of amides is 3. The van der Waals surface area contributed by atoms with Gasteiger partial charge < -0.3 is 10.6 Å². The molecule has 1 aromatic rings. The number of hydroxylamine groups is 3. The molecule has 2 aliphatic heterocycles. The Bertz CT molecular complexity index is 911. The number of primary amides is 1. The van der Waals surface area contributed by atoms with Gasteiger partial charge in [0.15, 0.2) is 6.61 Å². The topological polar surface area (TPSA) is 182 Å². The maximum Gasteiger partial charge on any atom is 0.418 e. The van der Waals surface area contributed by atoms with Crippen LogP contribution in [0.4, 0.5) is 4.79 Å². The summed E-state index contributed by atoms with van der Waals surface area (Å²) in [4.78, 5) is 33.8. The molecule has 2 aliphatic rings. The van der Waals surface area contributed by atoms with E-state index in [1.807, 2.05) is 0 Å². The number of nitrogens with two attached hydrogens (primary N) is 1. The molecule has 0 spiro atoms. The van der Waals surface area contributed by atoms with Crippen molar-refractivity contribution in [2.75, 3.05) is 20.2 Å². The normalized spacial score (nSPS) is 22.2. The number of hydrogen-bond acceptors (Lipinski definition) is 8. The average molecular weight is 403 g/mol. The van der Waals surface area contributed by atoms with Crippen LogP contribution in [0.5, 0.6) is 0 Å². The third-order valence-electron chi connectivity index (χ3n) is 4.10. The quantitative estimate of drug-likeness (QED) is 0.210. The number of aryl methyl sites for hydroxylation is 1. The standard InChI is InChI=1S/C12H17N7O7S/c1-14-11(16-25-5-8(13)20)10-9-6(3-15-17(9)2)7-4-18(10)12(21)19(7)26-27(22,23)24/h3,7,10H,4-5H2,1-2H3,(H2,13,20)(H,14,16)(H,22,23,24). The van der Waals surface area contributed by atoms with Crippen LogP contribution in [0.25, 0.3) is 0 Å². The fourth-order valence-corrected chi connectivity index (χ4v) is 3.48. The van der Waals surface area contributed by atoms with Gasteiger partial charge in [-0.25, -0.2) is 4.79 Å². The molecule has 0 aromatic carbocycles. The molecule has 3 rings (SSSR count). The van der Waals surface area contributed by atoms with Crippen molar-refractivity contribution in [2.45, 2.75) is 12.1 Å². The predicted molar refractivity (Wildman–Crippen MR) is 86.9 cm³/mol. The lowest BCUT2D eigenvalue weighted by Crippen LogP contribution is -2.45. The summed E-state index contributed by atoms with van der Waals surface area (Å²) in [7, 11) is -1.84. The van der Waals surface area contributed by atoms with Gasteiger partial charge in [0.1, 0.15) is 17.9 Å². The van der Waals surface area contributed by atoms with Crippen LogP contribution in [-0.2, 0) is 31.4 Å². The molecule has 0 radical (unpaired) electrons. The molecule has 0 aliphatic carbocycles. The second-order valence-electron chi connectivity index (χ2n) is 5.76. The van der Waals surface area contributed by atoms with E-state index in [4.69, 9.17) is 15.1 Å². The van der Waals surface area contributed by atoms with Gasteiger partial charge >= 0.3 is 16.4 Å². The van der Waals surface area contributed by atoms with Crippen LogP contribution in [0.3, 0.4) is 0 Å². The summed E-state index contributed by atoms with van der Waals surface area (Å²) in [6.45, 7) is -0.382. The molecule has 1 fully saturated rings. The van der Waals surface area contributed by atoms with Crippen molar-refractivity contribution >= 4 is 28.2 Å². The van der Waals surface area contributed by atoms with E-state index < -0.39 is 41.0 Å². The third kappa shape index (κ3) is 3.44. The van der Waals surface area contributed by atoms with E-state index in [1.165, 1.54) is 22.8 Å². The van der Waals surface area contributed by atoms with Crippen LogP contribution in [0.2, 0.25) is 0 Å². The van der Waals surface area contributed by atoms with Crippen molar-refractivity contribution in [3.63, 3.8) is 0 Å². The summed E-state index contributed by atoms with van der Waals surface area (Å²) < 4.78 is 37.1. The van der Waals surface area contributed by atoms with E-state index in [9.17, 15) is 18.0 Å². The number of carbonyl (C=O) groups is 2. The molecular weight excluding hydrogens is 386 g/mol. The smallest absolute Gasteiger partial charge is 0.368 e. The first-order valence-corrected chi connectivity index (χ1v) is 8.92. The average Bonchev–Trinajstić information content (AvgIpc) is 3.07. The third-order valence-corrected chi connectivity index (χ3v) is 4.45. The van der Waals surface area contributed by atoms with E-state index in [1.54, 1.807) is 7.05 Å². The molecule has 27 heavy (non-hydrogen) atoms. The first kappa shape index (κ1) is 19.0. The van der Waals surface area contributed by atoms with Crippen LogP contribution < -0.4 is 11.2 Å². The van der Waals surface area contributed by atoms with Crippen molar-refractivity contribution in [3.05, 3.63) is 17.5 Å². The first-order valence-electron chi connectivity index (χ1n) is 7.55. The molecule has 2 bridgehead atoms. The first-order chi connectivity index (χ1) is 12.6. The molecule has 148 valence electrons. The minimum absolute atomic E-state index is 0.0498.